The topological polar surface area (TPSA) is 55.1 Å². The van der Waals surface area contributed by atoms with Crippen LogP contribution in [-0.4, -0.2) is 16.4 Å². The van der Waals surface area contributed by atoms with Gasteiger partial charge in [0, 0.05) is 0 Å². The van der Waals surface area contributed by atoms with Gasteiger partial charge in [-0.05, 0) is 25.0 Å². The molecule has 104 valence electrons. The molecule has 0 aromatic heterocycles. The number of benzene rings is 1. The lowest BCUT2D eigenvalue weighted by Gasteiger charge is -2.31. The summed E-state index contributed by atoms with van der Waals surface area (Å²) in [7, 11) is 0. The Hall–Kier alpha value is -1.20. The maximum Gasteiger partial charge on any atom is 0.253 e. The van der Waals surface area contributed by atoms with Gasteiger partial charge in [0.25, 0.3) is 5.91 Å². The number of amides is 1. The first-order valence-electron chi connectivity index (χ1n) is 5.94. The van der Waals surface area contributed by atoms with Crippen molar-refractivity contribution in [2.75, 3.05) is 0 Å². The predicted molar refractivity (Wildman–Crippen MR) is 79.0 cm³/mol. The summed E-state index contributed by atoms with van der Waals surface area (Å²) in [5.74, 6) is -1.12. The molecular formula is C13H16ClFN2OS. The van der Waals surface area contributed by atoms with Gasteiger partial charge < -0.3 is 11.1 Å². The Bertz CT molecular complexity index is 503. The van der Waals surface area contributed by atoms with E-state index in [0.29, 0.717) is 12.8 Å². The van der Waals surface area contributed by atoms with Gasteiger partial charge in [0.2, 0.25) is 0 Å². The van der Waals surface area contributed by atoms with Gasteiger partial charge in [-0.15, -0.1) is 0 Å². The molecule has 0 aliphatic rings. The van der Waals surface area contributed by atoms with Gasteiger partial charge in [-0.3, -0.25) is 4.79 Å². The Balaban J connectivity index is 3.08. The fourth-order valence-corrected chi connectivity index (χ4v) is 2.35. The van der Waals surface area contributed by atoms with Crippen LogP contribution in [0.3, 0.4) is 0 Å². The lowest BCUT2D eigenvalue weighted by atomic mass is 9.92. The zero-order chi connectivity index (χ0) is 14.6. The minimum Gasteiger partial charge on any atom is -0.391 e. The van der Waals surface area contributed by atoms with Crippen LogP contribution in [0.4, 0.5) is 4.39 Å². The molecule has 0 aliphatic carbocycles. The molecule has 0 atom stereocenters. The Labute approximate surface area is 122 Å². The van der Waals surface area contributed by atoms with E-state index >= 15 is 0 Å². The number of nitrogens with one attached hydrogen (secondary N) is 1. The van der Waals surface area contributed by atoms with E-state index < -0.39 is 17.3 Å². The van der Waals surface area contributed by atoms with Crippen LogP contribution in [0.1, 0.15) is 37.0 Å². The summed E-state index contributed by atoms with van der Waals surface area (Å²) >= 11 is 10.8. The van der Waals surface area contributed by atoms with Crippen molar-refractivity contribution in [3.05, 3.63) is 34.6 Å². The van der Waals surface area contributed by atoms with E-state index in [2.05, 4.69) is 5.32 Å². The van der Waals surface area contributed by atoms with Crippen molar-refractivity contribution in [3.63, 3.8) is 0 Å². The van der Waals surface area contributed by atoms with Crippen LogP contribution >= 0.6 is 23.8 Å². The lowest BCUT2D eigenvalue weighted by Crippen LogP contribution is -2.56. The Morgan fingerprint density at radius 1 is 1.47 bits per heavy atom. The summed E-state index contributed by atoms with van der Waals surface area (Å²) < 4.78 is 13.3. The normalized spacial score (nSPS) is 11.2. The van der Waals surface area contributed by atoms with Crippen LogP contribution < -0.4 is 11.1 Å². The van der Waals surface area contributed by atoms with E-state index in [-0.39, 0.29) is 15.6 Å². The van der Waals surface area contributed by atoms with Crippen molar-refractivity contribution in [2.24, 2.45) is 5.73 Å². The van der Waals surface area contributed by atoms with E-state index in [0.717, 1.165) is 0 Å². The van der Waals surface area contributed by atoms with Crippen molar-refractivity contribution in [3.8, 4) is 0 Å². The third-order valence-electron chi connectivity index (χ3n) is 3.23. The number of hydrogen-bond acceptors (Lipinski definition) is 2. The fraction of sp³-hybridized carbons (Fsp3) is 0.385. The minimum atomic E-state index is -0.776. The van der Waals surface area contributed by atoms with Crippen molar-refractivity contribution in [1.82, 2.24) is 5.32 Å². The van der Waals surface area contributed by atoms with Crippen LogP contribution in [0.5, 0.6) is 0 Å². The van der Waals surface area contributed by atoms with Gasteiger partial charge in [0.1, 0.15) is 5.82 Å². The summed E-state index contributed by atoms with van der Waals surface area (Å²) in [6.07, 6.45) is 1.11. The van der Waals surface area contributed by atoms with Crippen molar-refractivity contribution < 1.29 is 9.18 Å². The highest BCUT2D eigenvalue weighted by Gasteiger charge is 2.32. The number of carbonyl (C=O) groups excluding carboxylic acids is 1. The van der Waals surface area contributed by atoms with E-state index in [9.17, 15) is 9.18 Å². The van der Waals surface area contributed by atoms with Gasteiger partial charge in [0.05, 0.1) is 21.1 Å². The summed E-state index contributed by atoms with van der Waals surface area (Å²) in [6, 6.07) is 4.08. The third kappa shape index (κ3) is 3.22. The zero-order valence-electron chi connectivity index (χ0n) is 10.8. The summed E-state index contributed by atoms with van der Waals surface area (Å²) in [6.45, 7) is 3.74. The molecule has 0 fully saturated rings. The highest BCUT2D eigenvalue weighted by atomic mass is 35.5. The highest BCUT2D eigenvalue weighted by molar-refractivity contribution is 7.80. The summed E-state index contributed by atoms with van der Waals surface area (Å²) in [5, 5.41) is 2.55. The average Bonchev–Trinajstić information content (AvgIpc) is 2.38. The third-order valence-corrected chi connectivity index (χ3v) is 4.00. The van der Waals surface area contributed by atoms with E-state index in [1.807, 2.05) is 13.8 Å². The molecule has 6 heteroatoms. The fourth-order valence-electron chi connectivity index (χ4n) is 1.80. The van der Waals surface area contributed by atoms with Gasteiger partial charge in [-0.1, -0.05) is 43.7 Å². The summed E-state index contributed by atoms with van der Waals surface area (Å²) in [5.41, 5.74) is 4.99. The molecule has 0 saturated heterocycles. The maximum atomic E-state index is 13.3. The molecule has 0 unspecified atom stereocenters. The van der Waals surface area contributed by atoms with Crippen LogP contribution in [-0.2, 0) is 0 Å². The number of hydrogen-bond donors (Lipinski definition) is 2. The highest BCUT2D eigenvalue weighted by Crippen LogP contribution is 2.22. The molecule has 0 radical (unpaired) electrons. The minimum absolute atomic E-state index is 0.0733. The van der Waals surface area contributed by atoms with Gasteiger partial charge in [0.15, 0.2) is 0 Å². The predicted octanol–water partition coefficient (Wildman–Crippen LogP) is 3.05. The van der Waals surface area contributed by atoms with E-state index in [4.69, 9.17) is 29.6 Å². The van der Waals surface area contributed by atoms with Crippen LogP contribution in [0.15, 0.2) is 18.2 Å². The van der Waals surface area contributed by atoms with Crippen molar-refractivity contribution >= 4 is 34.7 Å². The Morgan fingerprint density at radius 2 is 2.05 bits per heavy atom. The zero-order valence-corrected chi connectivity index (χ0v) is 12.4. The maximum absolute atomic E-state index is 13.3. The second kappa shape index (κ2) is 6.30. The van der Waals surface area contributed by atoms with Crippen LogP contribution in [0, 0.1) is 5.82 Å². The number of nitrogens with two attached hydrogens (primary N) is 1. The average molecular weight is 303 g/mol. The molecule has 19 heavy (non-hydrogen) atoms. The number of thiocarbonyl (C=S) groups is 1. The number of rotatable bonds is 5. The largest absolute Gasteiger partial charge is 0.391 e. The molecule has 1 rings (SSSR count). The molecule has 1 aromatic carbocycles. The Morgan fingerprint density at radius 3 is 2.53 bits per heavy atom. The first kappa shape index (κ1) is 15.9. The molecule has 1 aromatic rings. The lowest BCUT2D eigenvalue weighted by molar-refractivity contribution is 0.0919. The molecule has 0 aliphatic heterocycles. The van der Waals surface area contributed by atoms with Gasteiger partial charge in [-0.25, -0.2) is 4.39 Å². The second-order valence-corrected chi connectivity index (χ2v) is 5.03. The van der Waals surface area contributed by atoms with E-state index in [1.165, 1.54) is 18.2 Å². The molecule has 1 amide bonds. The van der Waals surface area contributed by atoms with E-state index in [1.54, 1.807) is 0 Å². The van der Waals surface area contributed by atoms with Crippen molar-refractivity contribution in [2.45, 2.75) is 32.2 Å². The monoisotopic (exact) mass is 302 g/mol. The quantitative estimate of drug-likeness (QED) is 0.822. The number of halogens is 2. The summed E-state index contributed by atoms with van der Waals surface area (Å²) in [4.78, 5) is 12.4. The first-order valence-corrected chi connectivity index (χ1v) is 6.73. The standard InChI is InChI=1S/C13H16ClFN2OS/c1-3-13(4-2,12(16)19)17-11(18)8-6-5-7-9(15)10(8)14/h5-7H,3-4H2,1-2H3,(H2,16,19)(H,17,18). The number of carbonyl (C=O) groups is 1. The molecule has 0 saturated carbocycles. The van der Waals surface area contributed by atoms with Crippen molar-refractivity contribution in [1.29, 1.82) is 0 Å². The first-order chi connectivity index (χ1) is 8.88. The van der Waals surface area contributed by atoms with Gasteiger partial charge in [-0.2, -0.15) is 0 Å². The SMILES string of the molecule is CCC(CC)(NC(=O)c1cccc(F)c1Cl)C(N)=S. The molecule has 0 heterocycles. The Kier molecular flexibility index (Phi) is 5.26. The molecular weight excluding hydrogens is 287 g/mol. The van der Waals surface area contributed by atoms with Gasteiger partial charge >= 0.3 is 0 Å². The second-order valence-electron chi connectivity index (χ2n) is 4.21. The smallest absolute Gasteiger partial charge is 0.253 e. The molecule has 3 N–H and O–H groups in total. The van der Waals surface area contributed by atoms with Crippen LogP contribution in [0.2, 0.25) is 5.02 Å². The molecule has 0 bridgehead atoms. The van der Waals surface area contributed by atoms with Crippen LogP contribution in [0.25, 0.3) is 0 Å². The molecule has 0 spiro atoms. The molecule has 3 nitrogen and oxygen atoms in total.